The summed E-state index contributed by atoms with van der Waals surface area (Å²) in [6.45, 7) is 4.32. The van der Waals surface area contributed by atoms with Gasteiger partial charge in [-0.25, -0.2) is 0 Å². The molecule has 0 spiro atoms. The number of carboxylic acid groups (broad SMARTS) is 1. The van der Waals surface area contributed by atoms with Crippen LogP contribution in [0.1, 0.15) is 52.4 Å². The predicted octanol–water partition coefficient (Wildman–Crippen LogP) is 3.07. The topological polar surface area (TPSA) is 37.3 Å². The Bertz CT molecular complexity index is 179. The van der Waals surface area contributed by atoms with Crippen LogP contribution in [-0.2, 0) is 4.79 Å². The highest BCUT2D eigenvalue weighted by Gasteiger charge is 2.36. The summed E-state index contributed by atoms with van der Waals surface area (Å²) in [5.74, 6) is -0.125. The summed E-state index contributed by atoms with van der Waals surface area (Å²) >= 11 is 0. The molecule has 0 heterocycles. The molecule has 0 bridgehead atoms. The first-order chi connectivity index (χ1) is 6.07. The molecule has 1 fully saturated rings. The summed E-state index contributed by atoms with van der Waals surface area (Å²) in [6.07, 6.45) is 6.30. The van der Waals surface area contributed by atoms with Gasteiger partial charge in [0.2, 0.25) is 0 Å². The van der Waals surface area contributed by atoms with Gasteiger partial charge in [-0.15, -0.1) is 0 Å². The average Bonchev–Trinajstić information content (AvgIpc) is 2.04. The summed E-state index contributed by atoms with van der Waals surface area (Å²) < 4.78 is 0. The van der Waals surface area contributed by atoms with Crippen LogP contribution < -0.4 is 0 Å². The number of carboxylic acids is 1. The molecule has 1 rings (SSSR count). The van der Waals surface area contributed by atoms with Crippen molar-refractivity contribution in [3.63, 3.8) is 0 Å². The molecule has 0 atom stereocenters. The number of aliphatic carboxylic acids is 1. The predicted molar refractivity (Wildman–Crippen MR) is 52.6 cm³/mol. The van der Waals surface area contributed by atoms with Crippen molar-refractivity contribution in [2.24, 2.45) is 11.3 Å². The van der Waals surface area contributed by atoms with Crippen molar-refractivity contribution in [2.45, 2.75) is 52.4 Å². The highest BCUT2D eigenvalue weighted by atomic mass is 16.4. The van der Waals surface area contributed by atoms with Crippen molar-refractivity contribution < 1.29 is 9.90 Å². The number of carbonyl (C=O) groups is 1. The third kappa shape index (κ3) is 2.45. The third-order valence-electron chi connectivity index (χ3n) is 3.58. The van der Waals surface area contributed by atoms with E-state index in [-0.39, 0.29) is 5.41 Å². The molecule has 13 heavy (non-hydrogen) atoms. The number of hydrogen-bond donors (Lipinski definition) is 1. The van der Waals surface area contributed by atoms with Crippen LogP contribution >= 0.6 is 0 Å². The lowest BCUT2D eigenvalue weighted by Crippen LogP contribution is -2.32. The van der Waals surface area contributed by atoms with Gasteiger partial charge in [-0.05, 0) is 24.2 Å². The third-order valence-corrected chi connectivity index (χ3v) is 3.58. The zero-order valence-corrected chi connectivity index (χ0v) is 8.68. The minimum atomic E-state index is -0.629. The van der Waals surface area contributed by atoms with Crippen LogP contribution in [-0.4, -0.2) is 11.1 Å². The Hall–Kier alpha value is -0.530. The van der Waals surface area contributed by atoms with E-state index in [2.05, 4.69) is 13.8 Å². The van der Waals surface area contributed by atoms with Crippen LogP contribution in [0, 0.1) is 11.3 Å². The summed E-state index contributed by atoms with van der Waals surface area (Å²) in [4.78, 5) is 10.8. The maximum atomic E-state index is 10.8. The highest BCUT2D eigenvalue weighted by molar-refractivity contribution is 5.67. The second kappa shape index (κ2) is 4.12. The van der Waals surface area contributed by atoms with Crippen LogP contribution in [0.15, 0.2) is 0 Å². The quantitative estimate of drug-likeness (QED) is 0.732. The summed E-state index contributed by atoms with van der Waals surface area (Å²) in [5, 5.41) is 8.88. The van der Waals surface area contributed by atoms with Crippen LogP contribution in [0.5, 0.6) is 0 Å². The van der Waals surface area contributed by atoms with E-state index in [1.165, 1.54) is 19.3 Å². The van der Waals surface area contributed by atoms with Gasteiger partial charge in [-0.3, -0.25) is 4.79 Å². The fraction of sp³-hybridized carbons (Fsp3) is 0.909. The maximum absolute atomic E-state index is 10.8. The van der Waals surface area contributed by atoms with Gasteiger partial charge in [-0.2, -0.15) is 0 Å². The van der Waals surface area contributed by atoms with Crippen LogP contribution in [0.3, 0.4) is 0 Å². The van der Waals surface area contributed by atoms with Crippen molar-refractivity contribution in [1.29, 1.82) is 0 Å². The summed E-state index contributed by atoms with van der Waals surface area (Å²) in [7, 11) is 0. The molecule has 0 saturated heterocycles. The molecule has 0 aromatic rings. The molecule has 1 aliphatic carbocycles. The Labute approximate surface area is 80.3 Å². The highest BCUT2D eigenvalue weighted by Crippen LogP contribution is 2.45. The normalized spacial score (nSPS) is 21.8. The van der Waals surface area contributed by atoms with E-state index in [1.807, 2.05) is 0 Å². The van der Waals surface area contributed by atoms with Gasteiger partial charge in [-0.1, -0.05) is 33.1 Å². The largest absolute Gasteiger partial charge is 0.481 e. The first kappa shape index (κ1) is 10.6. The molecule has 0 amide bonds. The van der Waals surface area contributed by atoms with E-state index in [0.717, 1.165) is 12.8 Å². The second-order valence-corrected chi connectivity index (χ2v) is 4.65. The molecule has 1 aliphatic rings. The van der Waals surface area contributed by atoms with E-state index in [1.54, 1.807) is 0 Å². The van der Waals surface area contributed by atoms with Crippen molar-refractivity contribution in [3.8, 4) is 0 Å². The first-order valence-electron chi connectivity index (χ1n) is 5.29. The molecule has 2 nitrogen and oxygen atoms in total. The molecular formula is C11H20O2. The van der Waals surface area contributed by atoms with Gasteiger partial charge >= 0.3 is 5.97 Å². The molecule has 2 heteroatoms. The summed E-state index contributed by atoms with van der Waals surface area (Å²) in [5.41, 5.74) is 0.101. The smallest absolute Gasteiger partial charge is 0.303 e. The molecule has 0 aliphatic heterocycles. The Morgan fingerprint density at radius 3 is 2.23 bits per heavy atom. The van der Waals surface area contributed by atoms with Crippen LogP contribution in [0.25, 0.3) is 0 Å². The molecular weight excluding hydrogens is 164 g/mol. The van der Waals surface area contributed by atoms with E-state index in [4.69, 9.17) is 5.11 Å². The van der Waals surface area contributed by atoms with Crippen molar-refractivity contribution in [1.82, 2.24) is 0 Å². The van der Waals surface area contributed by atoms with Gasteiger partial charge < -0.3 is 5.11 Å². The second-order valence-electron chi connectivity index (χ2n) is 4.65. The Morgan fingerprint density at radius 2 is 1.85 bits per heavy atom. The lowest BCUT2D eigenvalue weighted by Gasteiger charge is -2.39. The lowest BCUT2D eigenvalue weighted by atomic mass is 9.65. The Kier molecular flexibility index (Phi) is 3.34. The zero-order chi connectivity index (χ0) is 9.90. The summed E-state index contributed by atoms with van der Waals surface area (Å²) in [6, 6.07) is 0. The molecule has 0 unspecified atom stereocenters. The molecule has 1 N–H and O–H groups in total. The molecule has 0 aromatic heterocycles. The van der Waals surface area contributed by atoms with E-state index in [0.29, 0.717) is 12.3 Å². The van der Waals surface area contributed by atoms with Crippen molar-refractivity contribution in [3.05, 3.63) is 0 Å². The average molecular weight is 184 g/mol. The van der Waals surface area contributed by atoms with Crippen molar-refractivity contribution >= 4 is 5.97 Å². The van der Waals surface area contributed by atoms with Gasteiger partial charge in [0.05, 0.1) is 6.42 Å². The van der Waals surface area contributed by atoms with E-state index < -0.39 is 5.97 Å². The van der Waals surface area contributed by atoms with Gasteiger partial charge in [0.25, 0.3) is 0 Å². The fourth-order valence-electron chi connectivity index (χ4n) is 2.52. The Balaban J connectivity index is 2.67. The van der Waals surface area contributed by atoms with Crippen LogP contribution in [0.4, 0.5) is 0 Å². The van der Waals surface area contributed by atoms with Gasteiger partial charge in [0, 0.05) is 0 Å². The van der Waals surface area contributed by atoms with Crippen molar-refractivity contribution in [2.75, 3.05) is 0 Å². The fourth-order valence-corrected chi connectivity index (χ4v) is 2.52. The van der Waals surface area contributed by atoms with E-state index >= 15 is 0 Å². The molecule has 1 saturated carbocycles. The van der Waals surface area contributed by atoms with Crippen LogP contribution in [0.2, 0.25) is 0 Å². The lowest BCUT2D eigenvalue weighted by molar-refractivity contribution is -0.141. The monoisotopic (exact) mass is 184 g/mol. The standard InChI is InChI=1S/C11H20O2/c1-9(2)11(8-10(12)13)6-4-3-5-7-11/h9H,3-8H2,1-2H3,(H,12,13). The minimum absolute atomic E-state index is 0.101. The Morgan fingerprint density at radius 1 is 1.31 bits per heavy atom. The molecule has 0 aromatic carbocycles. The zero-order valence-electron chi connectivity index (χ0n) is 8.68. The van der Waals surface area contributed by atoms with Gasteiger partial charge in [0.15, 0.2) is 0 Å². The number of rotatable bonds is 3. The number of hydrogen-bond acceptors (Lipinski definition) is 1. The SMILES string of the molecule is CC(C)C1(CC(=O)O)CCCCC1. The molecule has 0 radical (unpaired) electrons. The molecule has 76 valence electrons. The maximum Gasteiger partial charge on any atom is 0.303 e. The van der Waals surface area contributed by atoms with Gasteiger partial charge in [0.1, 0.15) is 0 Å². The first-order valence-corrected chi connectivity index (χ1v) is 5.29. The van der Waals surface area contributed by atoms with E-state index in [9.17, 15) is 4.79 Å². The minimum Gasteiger partial charge on any atom is -0.481 e.